The Morgan fingerprint density at radius 2 is 1.82 bits per heavy atom. The highest BCUT2D eigenvalue weighted by atomic mass is 16.5. The highest BCUT2D eigenvalue weighted by molar-refractivity contribution is 6.00. The molecule has 1 aromatic carbocycles. The van der Waals surface area contributed by atoms with Gasteiger partial charge in [0, 0.05) is 0 Å². The van der Waals surface area contributed by atoms with Gasteiger partial charge < -0.3 is 25.1 Å². The number of carbonyl (C=O) groups is 3. The second kappa shape index (κ2) is 10.1. The van der Waals surface area contributed by atoms with Crippen molar-refractivity contribution in [3.8, 4) is 5.75 Å². The molecule has 3 amide bonds. The van der Waals surface area contributed by atoms with E-state index in [1.807, 2.05) is 13.8 Å². The highest BCUT2D eigenvalue weighted by Gasteiger charge is 2.26. The van der Waals surface area contributed by atoms with Crippen molar-refractivity contribution in [3.05, 3.63) is 54.0 Å². The normalized spacial score (nSPS) is 11.6. The van der Waals surface area contributed by atoms with Crippen LogP contribution in [0.1, 0.15) is 30.0 Å². The molecule has 1 atom stereocenters. The number of para-hydroxylation sites is 1. The van der Waals surface area contributed by atoms with Crippen LogP contribution in [0, 0.1) is 5.92 Å². The van der Waals surface area contributed by atoms with E-state index in [1.165, 1.54) is 13.4 Å². The van der Waals surface area contributed by atoms with Crippen LogP contribution in [-0.4, -0.2) is 37.4 Å². The first-order valence-corrected chi connectivity index (χ1v) is 8.93. The van der Waals surface area contributed by atoms with Crippen molar-refractivity contribution >= 4 is 17.7 Å². The predicted octanol–water partition coefficient (Wildman–Crippen LogP) is 1.48. The summed E-state index contributed by atoms with van der Waals surface area (Å²) in [5.41, 5.74) is 0.333. The molecule has 8 nitrogen and oxygen atoms in total. The summed E-state index contributed by atoms with van der Waals surface area (Å²) in [5, 5.41) is 7.90. The van der Waals surface area contributed by atoms with Gasteiger partial charge in [0.15, 0.2) is 0 Å². The summed E-state index contributed by atoms with van der Waals surface area (Å²) in [5.74, 6) is -0.364. The van der Waals surface area contributed by atoms with Crippen LogP contribution >= 0.6 is 0 Å². The lowest BCUT2D eigenvalue weighted by molar-refractivity contribution is -0.127. The molecule has 0 unspecified atom stereocenters. The van der Waals surface area contributed by atoms with E-state index in [9.17, 15) is 14.4 Å². The van der Waals surface area contributed by atoms with Gasteiger partial charge in [-0.05, 0) is 30.2 Å². The number of rotatable bonds is 9. The van der Waals surface area contributed by atoms with E-state index in [4.69, 9.17) is 9.15 Å². The maximum Gasteiger partial charge on any atom is 0.255 e. The summed E-state index contributed by atoms with van der Waals surface area (Å²) in [6.07, 6.45) is 1.51. The van der Waals surface area contributed by atoms with E-state index >= 15 is 0 Å². The quantitative estimate of drug-likeness (QED) is 0.604. The van der Waals surface area contributed by atoms with Crippen LogP contribution < -0.4 is 20.7 Å². The second-order valence-electron chi connectivity index (χ2n) is 6.47. The van der Waals surface area contributed by atoms with Crippen molar-refractivity contribution in [2.45, 2.75) is 26.4 Å². The molecule has 0 aliphatic carbocycles. The first-order chi connectivity index (χ1) is 13.4. The zero-order valence-electron chi connectivity index (χ0n) is 16.2. The third kappa shape index (κ3) is 5.87. The molecule has 2 aromatic rings. The Morgan fingerprint density at radius 3 is 2.46 bits per heavy atom. The molecule has 0 spiro atoms. The van der Waals surface area contributed by atoms with Crippen molar-refractivity contribution in [2.24, 2.45) is 5.92 Å². The molecule has 0 saturated heterocycles. The van der Waals surface area contributed by atoms with E-state index in [0.29, 0.717) is 17.1 Å². The molecule has 0 fully saturated rings. The van der Waals surface area contributed by atoms with Crippen LogP contribution in [-0.2, 0) is 16.1 Å². The molecular formula is C20H25N3O5. The lowest BCUT2D eigenvalue weighted by Gasteiger charge is -2.22. The average Bonchev–Trinajstić information content (AvgIpc) is 3.21. The van der Waals surface area contributed by atoms with E-state index < -0.39 is 17.9 Å². The van der Waals surface area contributed by atoms with Crippen molar-refractivity contribution in [1.82, 2.24) is 16.0 Å². The minimum Gasteiger partial charge on any atom is -0.496 e. The van der Waals surface area contributed by atoms with Crippen molar-refractivity contribution in [3.63, 3.8) is 0 Å². The minimum absolute atomic E-state index is 0.176. The van der Waals surface area contributed by atoms with Gasteiger partial charge in [-0.2, -0.15) is 0 Å². The Labute approximate surface area is 163 Å². The molecule has 3 N–H and O–H groups in total. The standard InChI is InChI=1S/C20H25N3O5/c1-13(2)18(23-19(25)15-8-4-5-9-16(15)27-3)20(26)22-12-17(24)21-11-14-7-6-10-28-14/h4-10,13,18H,11-12H2,1-3H3,(H,21,24)(H,22,26)(H,23,25)/t18-/m0/s1. The van der Waals surface area contributed by atoms with Gasteiger partial charge in [-0.1, -0.05) is 26.0 Å². The number of hydrogen-bond donors (Lipinski definition) is 3. The smallest absolute Gasteiger partial charge is 0.255 e. The van der Waals surface area contributed by atoms with Crippen LogP contribution in [0.15, 0.2) is 47.1 Å². The number of ether oxygens (including phenoxy) is 1. The summed E-state index contributed by atoms with van der Waals surface area (Å²) < 4.78 is 10.3. The molecule has 0 saturated carbocycles. The topological polar surface area (TPSA) is 110 Å². The molecule has 150 valence electrons. The predicted molar refractivity (Wildman–Crippen MR) is 103 cm³/mol. The zero-order chi connectivity index (χ0) is 20.5. The van der Waals surface area contributed by atoms with E-state index in [2.05, 4.69) is 16.0 Å². The number of methoxy groups -OCH3 is 1. The number of amides is 3. The number of benzene rings is 1. The van der Waals surface area contributed by atoms with Crippen molar-refractivity contribution in [1.29, 1.82) is 0 Å². The van der Waals surface area contributed by atoms with Gasteiger partial charge in [-0.3, -0.25) is 14.4 Å². The van der Waals surface area contributed by atoms with Crippen molar-refractivity contribution in [2.75, 3.05) is 13.7 Å². The molecule has 0 aliphatic heterocycles. The van der Waals surface area contributed by atoms with Crippen LogP contribution in [0.2, 0.25) is 0 Å². The van der Waals surface area contributed by atoms with Crippen LogP contribution in [0.5, 0.6) is 5.75 Å². The highest BCUT2D eigenvalue weighted by Crippen LogP contribution is 2.17. The molecule has 8 heteroatoms. The Kier molecular flexibility index (Phi) is 7.62. The van der Waals surface area contributed by atoms with Crippen molar-refractivity contribution < 1.29 is 23.5 Å². The molecule has 1 aromatic heterocycles. The summed E-state index contributed by atoms with van der Waals surface area (Å²) >= 11 is 0. The fourth-order valence-electron chi connectivity index (χ4n) is 2.52. The Morgan fingerprint density at radius 1 is 1.07 bits per heavy atom. The Hall–Kier alpha value is -3.29. The van der Waals surface area contributed by atoms with E-state index in [1.54, 1.807) is 36.4 Å². The first kappa shape index (κ1) is 21.0. The summed E-state index contributed by atoms with van der Waals surface area (Å²) in [6.45, 7) is 3.65. The Bertz CT molecular complexity index is 802. The maximum absolute atomic E-state index is 12.6. The van der Waals surface area contributed by atoms with E-state index in [0.717, 1.165) is 0 Å². The fourth-order valence-corrected chi connectivity index (χ4v) is 2.52. The molecule has 1 heterocycles. The van der Waals surface area contributed by atoms with Gasteiger partial charge in [0.1, 0.15) is 17.6 Å². The molecule has 28 heavy (non-hydrogen) atoms. The SMILES string of the molecule is COc1ccccc1C(=O)N[C@H](C(=O)NCC(=O)NCc1ccco1)C(C)C. The second-order valence-corrected chi connectivity index (χ2v) is 6.47. The molecule has 0 bridgehead atoms. The van der Waals surface area contributed by atoms with Gasteiger partial charge in [-0.15, -0.1) is 0 Å². The third-order valence-electron chi connectivity index (χ3n) is 4.05. The van der Waals surface area contributed by atoms with Crippen LogP contribution in [0.4, 0.5) is 0 Å². The van der Waals surface area contributed by atoms with Gasteiger partial charge in [0.25, 0.3) is 5.91 Å². The fraction of sp³-hybridized carbons (Fsp3) is 0.350. The summed E-state index contributed by atoms with van der Waals surface area (Å²) in [7, 11) is 1.47. The lowest BCUT2D eigenvalue weighted by atomic mass is 10.0. The largest absolute Gasteiger partial charge is 0.496 e. The maximum atomic E-state index is 12.6. The van der Waals surface area contributed by atoms with E-state index in [-0.39, 0.29) is 24.9 Å². The molecule has 0 aliphatic rings. The molecular weight excluding hydrogens is 362 g/mol. The summed E-state index contributed by atoms with van der Waals surface area (Å²) in [6, 6.07) is 9.42. The molecule has 0 radical (unpaired) electrons. The number of furan rings is 1. The minimum atomic E-state index is -0.796. The van der Waals surface area contributed by atoms with Gasteiger partial charge in [0.05, 0.1) is 32.0 Å². The lowest BCUT2D eigenvalue weighted by Crippen LogP contribution is -2.51. The van der Waals surface area contributed by atoms with Gasteiger partial charge in [-0.25, -0.2) is 0 Å². The van der Waals surface area contributed by atoms with Crippen LogP contribution in [0.3, 0.4) is 0 Å². The van der Waals surface area contributed by atoms with Crippen LogP contribution in [0.25, 0.3) is 0 Å². The first-order valence-electron chi connectivity index (χ1n) is 8.93. The third-order valence-corrected chi connectivity index (χ3v) is 4.05. The zero-order valence-corrected chi connectivity index (χ0v) is 16.2. The summed E-state index contributed by atoms with van der Waals surface area (Å²) in [4.78, 5) is 36.9. The average molecular weight is 387 g/mol. The van der Waals surface area contributed by atoms with Gasteiger partial charge in [0.2, 0.25) is 11.8 Å². The monoisotopic (exact) mass is 387 g/mol. The number of nitrogens with one attached hydrogen (secondary N) is 3. The number of hydrogen-bond acceptors (Lipinski definition) is 5. The van der Waals surface area contributed by atoms with Gasteiger partial charge >= 0.3 is 0 Å². The Balaban J connectivity index is 1.90. The molecule has 2 rings (SSSR count). The number of carbonyl (C=O) groups excluding carboxylic acids is 3.